The highest BCUT2D eigenvalue weighted by atomic mass is 16.6. The maximum atomic E-state index is 11.8. The van der Waals surface area contributed by atoms with Crippen LogP contribution < -0.4 is 0 Å². The smallest absolute Gasteiger partial charge is 0.410 e. The van der Waals surface area contributed by atoms with Crippen LogP contribution in [-0.4, -0.2) is 68.8 Å². The lowest BCUT2D eigenvalue weighted by Gasteiger charge is -2.47. The first-order chi connectivity index (χ1) is 13.2. The van der Waals surface area contributed by atoms with Gasteiger partial charge in [0.25, 0.3) is 0 Å². The Labute approximate surface area is 171 Å². The number of ether oxygens (including phenoxy) is 4. The molecule has 3 unspecified atom stereocenters. The van der Waals surface area contributed by atoms with Gasteiger partial charge in [0.2, 0.25) is 0 Å². The van der Waals surface area contributed by atoms with E-state index in [9.17, 15) is 4.79 Å². The van der Waals surface area contributed by atoms with Crippen LogP contribution in [-0.2, 0) is 18.9 Å². The van der Waals surface area contributed by atoms with E-state index >= 15 is 0 Å². The van der Waals surface area contributed by atoms with Crippen molar-refractivity contribution in [3.63, 3.8) is 0 Å². The average molecular weight is 400 g/mol. The summed E-state index contributed by atoms with van der Waals surface area (Å²) < 4.78 is 22.8. The van der Waals surface area contributed by atoms with E-state index in [0.29, 0.717) is 39.6 Å². The summed E-state index contributed by atoms with van der Waals surface area (Å²) in [5.74, 6) is 1.65. The molecule has 2 bridgehead atoms. The Morgan fingerprint density at radius 1 is 1.07 bits per heavy atom. The van der Waals surface area contributed by atoms with Gasteiger partial charge in [-0.1, -0.05) is 19.8 Å². The van der Waals surface area contributed by atoms with Gasteiger partial charge in [-0.25, -0.2) is 4.79 Å². The fourth-order valence-electron chi connectivity index (χ4n) is 4.58. The fourth-order valence-corrected chi connectivity index (χ4v) is 4.58. The maximum Gasteiger partial charge on any atom is 0.410 e. The summed E-state index contributed by atoms with van der Waals surface area (Å²) in [5, 5.41) is 0. The molecular weight excluding hydrogens is 358 g/mol. The quantitative estimate of drug-likeness (QED) is 0.514. The summed E-state index contributed by atoms with van der Waals surface area (Å²) in [6.45, 7) is 11.3. The fraction of sp³-hybridized carbons (Fsp3) is 0.955. The van der Waals surface area contributed by atoms with Crippen molar-refractivity contribution in [1.82, 2.24) is 4.90 Å². The molecule has 3 atom stereocenters. The molecule has 0 radical (unpaired) electrons. The van der Waals surface area contributed by atoms with Crippen molar-refractivity contribution >= 4 is 6.09 Å². The SMILES string of the molecule is CC1CC2CCCC(OCCOCCOCCN(C)C(=O)OC(C)(C)C)(C1)C2. The third-order valence-electron chi connectivity index (χ3n) is 5.65. The molecule has 0 aromatic rings. The van der Waals surface area contributed by atoms with Crippen LogP contribution >= 0.6 is 0 Å². The second kappa shape index (κ2) is 10.8. The molecule has 6 heteroatoms. The lowest BCUT2D eigenvalue weighted by molar-refractivity contribution is -0.129. The standard InChI is InChI=1S/C22H41NO5/c1-18-15-19-7-6-8-22(16-18,17-19)27-14-13-26-12-11-25-10-9-23(5)20(24)28-21(2,3)4/h18-19H,6-17H2,1-5H3. The molecule has 1 amide bonds. The Balaban J connectivity index is 1.47. The highest BCUT2D eigenvalue weighted by Gasteiger charge is 2.42. The van der Waals surface area contributed by atoms with Gasteiger partial charge < -0.3 is 23.8 Å². The number of hydrogen-bond acceptors (Lipinski definition) is 5. The van der Waals surface area contributed by atoms with Crippen LogP contribution in [0, 0.1) is 11.8 Å². The van der Waals surface area contributed by atoms with E-state index in [-0.39, 0.29) is 11.7 Å². The first kappa shape index (κ1) is 23.4. The van der Waals surface area contributed by atoms with Crippen molar-refractivity contribution in [3.8, 4) is 0 Å². The van der Waals surface area contributed by atoms with E-state index in [1.807, 2.05) is 20.8 Å². The Hall–Kier alpha value is -0.850. The van der Waals surface area contributed by atoms with Crippen LogP contribution in [0.1, 0.15) is 66.2 Å². The molecule has 0 spiro atoms. The molecule has 0 aliphatic heterocycles. The van der Waals surface area contributed by atoms with E-state index in [1.165, 1.54) is 43.4 Å². The Kier molecular flexibility index (Phi) is 9.03. The summed E-state index contributed by atoms with van der Waals surface area (Å²) in [4.78, 5) is 13.4. The molecule has 2 aliphatic rings. The largest absolute Gasteiger partial charge is 0.444 e. The first-order valence-electron chi connectivity index (χ1n) is 10.9. The molecule has 2 aliphatic carbocycles. The topological polar surface area (TPSA) is 57.2 Å². The Morgan fingerprint density at radius 2 is 1.75 bits per heavy atom. The van der Waals surface area contributed by atoms with Gasteiger partial charge in [0.05, 0.1) is 38.6 Å². The molecule has 2 saturated carbocycles. The zero-order valence-corrected chi connectivity index (χ0v) is 18.6. The third kappa shape index (κ3) is 8.26. The lowest BCUT2D eigenvalue weighted by Crippen LogP contribution is -2.44. The number of fused-ring (bicyclic) bond motifs is 2. The number of hydrogen-bond donors (Lipinski definition) is 0. The molecule has 0 aromatic heterocycles. The van der Waals surface area contributed by atoms with Crippen LogP contribution in [0.3, 0.4) is 0 Å². The van der Waals surface area contributed by atoms with Gasteiger partial charge in [-0.15, -0.1) is 0 Å². The molecule has 2 fully saturated rings. The van der Waals surface area contributed by atoms with E-state index in [4.69, 9.17) is 18.9 Å². The molecule has 2 rings (SSSR count). The van der Waals surface area contributed by atoms with Gasteiger partial charge in [-0.05, 0) is 58.3 Å². The third-order valence-corrected chi connectivity index (χ3v) is 5.65. The van der Waals surface area contributed by atoms with Crippen molar-refractivity contribution in [2.75, 3.05) is 46.6 Å². The molecule has 28 heavy (non-hydrogen) atoms. The van der Waals surface area contributed by atoms with Crippen molar-refractivity contribution in [1.29, 1.82) is 0 Å². The summed E-state index contributed by atoms with van der Waals surface area (Å²) in [6.07, 6.45) is 7.40. The number of likely N-dealkylation sites (N-methyl/N-ethyl adjacent to an activating group) is 1. The van der Waals surface area contributed by atoms with E-state index in [0.717, 1.165) is 11.8 Å². The molecule has 6 nitrogen and oxygen atoms in total. The maximum absolute atomic E-state index is 11.8. The van der Waals surface area contributed by atoms with Crippen molar-refractivity contribution < 1.29 is 23.7 Å². The molecule has 0 saturated heterocycles. The van der Waals surface area contributed by atoms with Crippen LogP contribution in [0.4, 0.5) is 4.79 Å². The number of amides is 1. The minimum Gasteiger partial charge on any atom is -0.444 e. The minimum absolute atomic E-state index is 0.118. The summed E-state index contributed by atoms with van der Waals surface area (Å²) in [6, 6.07) is 0. The van der Waals surface area contributed by atoms with Gasteiger partial charge >= 0.3 is 6.09 Å². The average Bonchev–Trinajstić information content (AvgIpc) is 2.58. The predicted octanol–water partition coefficient (Wildman–Crippen LogP) is 4.26. The predicted molar refractivity (Wildman–Crippen MR) is 110 cm³/mol. The van der Waals surface area contributed by atoms with Gasteiger partial charge in [0, 0.05) is 13.6 Å². The highest BCUT2D eigenvalue weighted by Crippen LogP contribution is 2.47. The summed E-state index contributed by atoms with van der Waals surface area (Å²) in [7, 11) is 1.71. The lowest BCUT2D eigenvalue weighted by atomic mass is 9.65. The number of nitrogens with zero attached hydrogens (tertiary/aromatic N) is 1. The van der Waals surface area contributed by atoms with Crippen LogP contribution in [0.25, 0.3) is 0 Å². The molecule has 0 N–H and O–H groups in total. The first-order valence-corrected chi connectivity index (χ1v) is 10.9. The zero-order chi connectivity index (χ0) is 20.6. The van der Waals surface area contributed by atoms with Crippen molar-refractivity contribution in [2.45, 2.75) is 77.4 Å². The second-order valence-corrected chi connectivity index (χ2v) is 9.67. The number of carbonyl (C=O) groups excluding carboxylic acids is 1. The summed E-state index contributed by atoms with van der Waals surface area (Å²) >= 11 is 0. The van der Waals surface area contributed by atoms with Gasteiger partial charge in [0.1, 0.15) is 5.60 Å². The zero-order valence-electron chi connectivity index (χ0n) is 18.6. The van der Waals surface area contributed by atoms with Gasteiger partial charge in [-0.2, -0.15) is 0 Å². The van der Waals surface area contributed by atoms with E-state index in [2.05, 4.69) is 6.92 Å². The van der Waals surface area contributed by atoms with Crippen LogP contribution in [0.2, 0.25) is 0 Å². The summed E-state index contributed by atoms with van der Waals surface area (Å²) in [5.41, 5.74) is -0.359. The molecule has 164 valence electrons. The monoisotopic (exact) mass is 399 g/mol. The molecular formula is C22H41NO5. The number of rotatable bonds is 10. The highest BCUT2D eigenvalue weighted by molar-refractivity contribution is 5.67. The Morgan fingerprint density at radius 3 is 2.46 bits per heavy atom. The van der Waals surface area contributed by atoms with Crippen molar-refractivity contribution in [3.05, 3.63) is 0 Å². The number of carbonyl (C=O) groups is 1. The second-order valence-electron chi connectivity index (χ2n) is 9.67. The molecule has 0 aromatic carbocycles. The normalized spacial score (nSPS) is 27.5. The van der Waals surface area contributed by atoms with E-state index in [1.54, 1.807) is 7.05 Å². The minimum atomic E-state index is -0.476. The van der Waals surface area contributed by atoms with Crippen LogP contribution in [0.5, 0.6) is 0 Å². The van der Waals surface area contributed by atoms with Gasteiger partial charge in [-0.3, -0.25) is 0 Å². The van der Waals surface area contributed by atoms with Gasteiger partial charge in [0.15, 0.2) is 0 Å². The molecule has 0 heterocycles. The Bertz CT molecular complexity index is 474. The van der Waals surface area contributed by atoms with Crippen LogP contribution in [0.15, 0.2) is 0 Å². The van der Waals surface area contributed by atoms with Crippen molar-refractivity contribution in [2.24, 2.45) is 11.8 Å². The van der Waals surface area contributed by atoms with E-state index < -0.39 is 5.60 Å².